The fourth-order valence-electron chi connectivity index (χ4n) is 2.21. The van der Waals surface area contributed by atoms with E-state index in [1.807, 2.05) is 30.5 Å². The number of carbonyl (C=O) groups excluding carboxylic acids is 1. The highest BCUT2D eigenvalue weighted by Gasteiger charge is 2.05. The third-order valence-corrected chi connectivity index (χ3v) is 4.90. The van der Waals surface area contributed by atoms with Crippen molar-refractivity contribution in [2.24, 2.45) is 0 Å². The van der Waals surface area contributed by atoms with E-state index < -0.39 is 0 Å². The molecule has 0 aliphatic heterocycles. The summed E-state index contributed by atoms with van der Waals surface area (Å²) in [5, 5.41) is 13.5. The predicted octanol–water partition coefficient (Wildman–Crippen LogP) is 3.74. The number of ether oxygens (including phenoxy) is 2. The van der Waals surface area contributed by atoms with Crippen LogP contribution in [0.5, 0.6) is 11.6 Å². The molecule has 3 rings (SSSR count). The second-order valence-electron chi connectivity index (χ2n) is 5.63. The molecule has 0 spiro atoms. The highest BCUT2D eigenvalue weighted by molar-refractivity contribution is 7.13. The molecule has 0 aliphatic rings. The first-order chi connectivity index (χ1) is 13.1. The normalized spacial score (nSPS) is 10.4. The van der Waals surface area contributed by atoms with E-state index >= 15 is 0 Å². The number of rotatable bonds is 8. The fraction of sp³-hybridized carbons (Fsp3) is 0.211. The monoisotopic (exact) mass is 403 g/mol. The molecule has 0 saturated heterocycles. The van der Waals surface area contributed by atoms with Crippen molar-refractivity contribution in [1.82, 2.24) is 15.5 Å². The van der Waals surface area contributed by atoms with Crippen molar-refractivity contribution in [2.45, 2.75) is 6.92 Å². The quantitative estimate of drug-likeness (QED) is 0.580. The van der Waals surface area contributed by atoms with Crippen LogP contribution in [0.15, 0.2) is 47.8 Å². The van der Waals surface area contributed by atoms with E-state index in [9.17, 15) is 4.79 Å². The Morgan fingerprint density at radius 2 is 2.07 bits per heavy atom. The van der Waals surface area contributed by atoms with E-state index in [0.29, 0.717) is 29.8 Å². The topological polar surface area (TPSA) is 73.3 Å². The van der Waals surface area contributed by atoms with Gasteiger partial charge in [0.1, 0.15) is 18.1 Å². The third kappa shape index (κ3) is 5.67. The van der Waals surface area contributed by atoms with Gasteiger partial charge in [-0.15, -0.1) is 21.5 Å². The first-order valence-electron chi connectivity index (χ1n) is 8.28. The van der Waals surface area contributed by atoms with E-state index in [0.717, 1.165) is 16.1 Å². The smallest absolute Gasteiger partial charge is 0.258 e. The molecular formula is C19H18ClN3O3S. The zero-order chi connectivity index (χ0) is 19.1. The number of halogens is 1. The zero-order valence-electron chi connectivity index (χ0n) is 14.6. The Morgan fingerprint density at radius 3 is 2.78 bits per heavy atom. The van der Waals surface area contributed by atoms with E-state index in [1.54, 1.807) is 35.6 Å². The third-order valence-electron chi connectivity index (χ3n) is 3.59. The number of hydrogen-bond donors (Lipinski definition) is 1. The Balaban J connectivity index is 1.35. The van der Waals surface area contributed by atoms with Crippen LogP contribution in [-0.4, -0.2) is 35.9 Å². The van der Waals surface area contributed by atoms with E-state index in [4.69, 9.17) is 21.1 Å². The van der Waals surface area contributed by atoms with Crippen LogP contribution in [0.1, 0.15) is 5.56 Å². The van der Waals surface area contributed by atoms with Crippen LogP contribution < -0.4 is 14.8 Å². The summed E-state index contributed by atoms with van der Waals surface area (Å²) < 4.78 is 10.9. The van der Waals surface area contributed by atoms with Gasteiger partial charge >= 0.3 is 0 Å². The lowest BCUT2D eigenvalue weighted by Crippen LogP contribution is -2.32. The molecule has 8 heteroatoms. The second-order valence-corrected chi connectivity index (χ2v) is 6.99. The summed E-state index contributed by atoms with van der Waals surface area (Å²) in [6, 6.07) is 12.8. The maximum absolute atomic E-state index is 11.8. The molecule has 3 aromatic rings. The van der Waals surface area contributed by atoms with Crippen LogP contribution in [-0.2, 0) is 4.79 Å². The Kier molecular flexibility index (Phi) is 6.62. The molecule has 6 nitrogen and oxygen atoms in total. The van der Waals surface area contributed by atoms with Crippen molar-refractivity contribution in [1.29, 1.82) is 0 Å². The number of hydrogen-bond acceptors (Lipinski definition) is 6. The predicted molar refractivity (Wildman–Crippen MR) is 106 cm³/mol. The average molecular weight is 404 g/mol. The van der Waals surface area contributed by atoms with Gasteiger partial charge in [0.2, 0.25) is 5.88 Å². The molecular weight excluding hydrogens is 386 g/mol. The summed E-state index contributed by atoms with van der Waals surface area (Å²) in [5.74, 6) is 0.784. The molecule has 27 heavy (non-hydrogen) atoms. The van der Waals surface area contributed by atoms with Gasteiger partial charge in [0, 0.05) is 11.1 Å². The number of nitrogens with zero attached hydrogens (tertiary/aromatic N) is 2. The van der Waals surface area contributed by atoms with Gasteiger partial charge in [-0.05, 0) is 48.2 Å². The number of aromatic nitrogens is 2. The van der Waals surface area contributed by atoms with Crippen LogP contribution in [0.2, 0.25) is 5.02 Å². The van der Waals surface area contributed by atoms with Crippen molar-refractivity contribution < 1.29 is 14.3 Å². The standard InChI is InChI=1S/C19H18ClN3O3S/c1-13-11-14(4-5-15(13)20)26-12-18(24)21-8-9-25-19-7-6-16(22-23-19)17-3-2-10-27-17/h2-7,10-11H,8-9,12H2,1H3,(H,21,24). The molecule has 2 aromatic heterocycles. The number of aryl methyl sites for hydroxylation is 1. The lowest BCUT2D eigenvalue weighted by atomic mass is 10.2. The lowest BCUT2D eigenvalue weighted by Gasteiger charge is -2.09. The van der Waals surface area contributed by atoms with Gasteiger partial charge in [-0.3, -0.25) is 4.79 Å². The minimum absolute atomic E-state index is 0.0730. The summed E-state index contributed by atoms with van der Waals surface area (Å²) >= 11 is 7.56. The molecule has 0 aliphatic carbocycles. The Hall–Kier alpha value is -2.64. The van der Waals surface area contributed by atoms with Gasteiger partial charge in [0.05, 0.1) is 11.4 Å². The first-order valence-corrected chi connectivity index (χ1v) is 9.53. The summed E-state index contributed by atoms with van der Waals surface area (Å²) in [6.07, 6.45) is 0. The van der Waals surface area contributed by atoms with Crippen molar-refractivity contribution in [2.75, 3.05) is 19.8 Å². The zero-order valence-corrected chi connectivity index (χ0v) is 16.2. The molecule has 1 amide bonds. The van der Waals surface area contributed by atoms with Gasteiger partial charge in [0.15, 0.2) is 6.61 Å². The molecule has 0 radical (unpaired) electrons. The number of thiophene rings is 1. The van der Waals surface area contributed by atoms with Crippen molar-refractivity contribution in [3.05, 3.63) is 58.4 Å². The molecule has 1 N–H and O–H groups in total. The highest BCUT2D eigenvalue weighted by atomic mass is 35.5. The average Bonchev–Trinajstić information content (AvgIpc) is 3.21. The highest BCUT2D eigenvalue weighted by Crippen LogP contribution is 2.23. The minimum Gasteiger partial charge on any atom is -0.484 e. The number of benzene rings is 1. The van der Waals surface area contributed by atoms with Crippen molar-refractivity contribution in [3.8, 4) is 22.2 Å². The molecule has 0 unspecified atom stereocenters. The van der Waals surface area contributed by atoms with Crippen molar-refractivity contribution >= 4 is 28.8 Å². The molecule has 0 saturated carbocycles. The molecule has 0 atom stereocenters. The molecule has 0 fully saturated rings. The van der Waals surface area contributed by atoms with Crippen LogP contribution in [0.3, 0.4) is 0 Å². The van der Waals surface area contributed by atoms with Crippen LogP contribution in [0.25, 0.3) is 10.6 Å². The number of nitrogens with one attached hydrogen (secondary N) is 1. The van der Waals surface area contributed by atoms with E-state index in [2.05, 4.69) is 15.5 Å². The Morgan fingerprint density at radius 1 is 1.19 bits per heavy atom. The summed E-state index contributed by atoms with van der Waals surface area (Å²) in [7, 11) is 0. The van der Waals surface area contributed by atoms with Gasteiger partial charge in [-0.25, -0.2) is 0 Å². The Labute approximate surface area is 166 Å². The summed E-state index contributed by atoms with van der Waals surface area (Å²) in [5.41, 5.74) is 1.70. The van der Waals surface area contributed by atoms with Gasteiger partial charge < -0.3 is 14.8 Å². The first kappa shape index (κ1) is 19.1. The molecule has 0 bridgehead atoms. The Bertz CT molecular complexity index is 886. The summed E-state index contributed by atoms with van der Waals surface area (Å²) in [6.45, 7) is 2.44. The van der Waals surface area contributed by atoms with Crippen LogP contribution >= 0.6 is 22.9 Å². The SMILES string of the molecule is Cc1cc(OCC(=O)NCCOc2ccc(-c3cccs3)nn2)ccc1Cl. The van der Waals surface area contributed by atoms with Crippen molar-refractivity contribution in [3.63, 3.8) is 0 Å². The van der Waals surface area contributed by atoms with Crippen LogP contribution in [0, 0.1) is 6.92 Å². The number of amides is 1. The molecule has 140 valence electrons. The van der Waals surface area contributed by atoms with Gasteiger partial charge in [-0.1, -0.05) is 17.7 Å². The minimum atomic E-state index is -0.231. The molecule has 2 heterocycles. The van der Waals surface area contributed by atoms with Gasteiger partial charge in [0.25, 0.3) is 5.91 Å². The van der Waals surface area contributed by atoms with Gasteiger partial charge in [-0.2, -0.15) is 0 Å². The summed E-state index contributed by atoms with van der Waals surface area (Å²) in [4.78, 5) is 12.9. The lowest BCUT2D eigenvalue weighted by molar-refractivity contribution is -0.123. The fourth-order valence-corrected chi connectivity index (χ4v) is 3.01. The second kappa shape index (κ2) is 9.34. The number of carbonyl (C=O) groups is 1. The largest absolute Gasteiger partial charge is 0.484 e. The molecule has 1 aromatic carbocycles. The van der Waals surface area contributed by atoms with E-state index in [-0.39, 0.29) is 12.5 Å². The van der Waals surface area contributed by atoms with E-state index in [1.165, 1.54) is 0 Å². The maximum atomic E-state index is 11.8. The van der Waals surface area contributed by atoms with Crippen LogP contribution in [0.4, 0.5) is 0 Å². The maximum Gasteiger partial charge on any atom is 0.258 e.